The van der Waals surface area contributed by atoms with Crippen LogP contribution in [0.3, 0.4) is 0 Å². The molecule has 0 amide bonds. The largest absolute Gasteiger partial charge is 0.412 e. The van der Waals surface area contributed by atoms with Crippen molar-refractivity contribution in [3.8, 4) is 0 Å². The summed E-state index contributed by atoms with van der Waals surface area (Å²) in [7, 11) is 0. The zero-order valence-corrected chi connectivity index (χ0v) is 10.1. The van der Waals surface area contributed by atoms with Crippen LogP contribution in [0.2, 0.25) is 0 Å². The molecule has 1 fully saturated rings. The van der Waals surface area contributed by atoms with Gasteiger partial charge in [-0.2, -0.15) is 13.2 Å². The summed E-state index contributed by atoms with van der Waals surface area (Å²) in [6.07, 6.45) is -1.52. The zero-order chi connectivity index (χ0) is 12.5. The minimum Gasteiger partial charge on any atom is -0.314 e. The Balaban J connectivity index is 1.85. The Morgan fingerprint density at radius 3 is 2.71 bits per heavy atom. The third-order valence-corrected chi connectivity index (χ3v) is 3.84. The summed E-state index contributed by atoms with van der Waals surface area (Å²) in [5, 5.41) is 3.37. The number of rotatable bonds is 2. The fraction of sp³-hybridized carbons (Fsp3) is 0.833. The summed E-state index contributed by atoms with van der Waals surface area (Å²) in [4.78, 5) is 2.13. The Hall–Kier alpha value is -0.550. The average molecular weight is 248 g/mol. The van der Waals surface area contributed by atoms with Gasteiger partial charge in [-0.25, -0.2) is 0 Å². The van der Waals surface area contributed by atoms with Gasteiger partial charge in [-0.05, 0) is 32.2 Å². The first-order valence-electron chi connectivity index (χ1n) is 6.19. The van der Waals surface area contributed by atoms with Crippen molar-refractivity contribution >= 4 is 0 Å². The van der Waals surface area contributed by atoms with E-state index in [1.165, 1.54) is 6.08 Å². The van der Waals surface area contributed by atoms with E-state index in [1.807, 2.05) is 0 Å². The van der Waals surface area contributed by atoms with Gasteiger partial charge in [0.1, 0.15) is 0 Å². The predicted molar refractivity (Wildman–Crippen MR) is 60.8 cm³/mol. The summed E-state index contributed by atoms with van der Waals surface area (Å²) in [6.45, 7) is 5.07. The Labute approximate surface area is 99.9 Å². The molecule has 0 bridgehead atoms. The first kappa shape index (κ1) is 12.9. The van der Waals surface area contributed by atoms with Crippen LogP contribution in [0.5, 0.6) is 0 Å². The average Bonchev–Trinajstić information content (AvgIpc) is 2.64. The lowest BCUT2D eigenvalue weighted by molar-refractivity contribution is -0.0961. The van der Waals surface area contributed by atoms with Gasteiger partial charge < -0.3 is 5.32 Å². The Morgan fingerprint density at radius 2 is 2.24 bits per heavy atom. The second-order valence-corrected chi connectivity index (χ2v) is 5.03. The third-order valence-electron chi connectivity index (χ3n) is 3.84. The minimum atomic E-state index is -4.13. The van der Waals surface area contributed by atoms with Crippen molar-refractivity contribution in [2.45, 2.75) is 32.0 Å². The van der Waals surface area contributed by atoms with Gasteiger partial charge >= 0.3 is 6.18 Å². The molecular formula is C12H19F3N2. The van der Waals surface area contributed by atoms with E-state index in [2.05, 4.69) is 17.1 Å². The zero-order valence-electron chi connectivity index (χ0n) is 10.1. The molecule has 2 aliphatic rings. The minimum absolute atomic E-state index is 0.137. The van der Waals surface area contributed by atoms with Crippen LogP contribution in [0, 0.1) is 5.92 Å². The van der Waals surface area contributed by atoms with E-state index in [4.69, 9.17) is 0 Å². The predicted octanol–water partition coefficient (Wildman–Crippen LogP) is 2.18. The number of nitrogens with one attached hydrogen (secondary N) is 1. The van der Waals surface area contributed by atoms with Crippen LogP contribution in [-0.4, -0.2) is 43.3 Å². The van der Waals surface area contributed by atoms with Crippen molar-refractivity contribution < 1.29 is 13.2 Å². The van der Waals surface area contributed by atoms with Crippen LogP contribution >= 0.6 is 0 Å². The molecule has 2 aliphatic heterocycles. The quantitative estimate of drug-likeness (QED) is 0.753. The molecule has 0 aliphatic carbocycles. The van der Waals surface area contributed by atoms with Crippen LogP contribution in [0.15, 0.2) is 11.6 Å². The van der Waals surface area contributed by atoms with E-state index in [0.29, 0.717) is 25.0 Å². The molecule has 2 rings (SSSR count). The van der Waals surface area contributed by atoms with E-state index in [9.17, 15) is 13.2 Å². The van der Waals surface area contributed by atoms with Gasteiger partial charge in [0.2, 0.25) is 0 Å². The number of hydrogen-bond donors (Lipinski definition) is 1. The number of nitrogens with zero attached hydrogens (tertiary/aromatic N) is 1. The molecule has 17 heavy (non-hydrogen) atoms. The molecule has 0 saturated carbocycles. The van der Waals surface area contributed by atoms with Crippen LogP contribution in [0.25, 0.3) is 0 Å². The van der Waals surface area contributed by atoms with Gasteiger partial charge in [0.05, 0.1) is 0 Å². The van der Waals surface area contributed by atoms with Crippen LogP contribution in [0.4, 0.5) is 13.2 Å². The summed E-state index contributed by atoms with van der Waals surface area (Å²) in [5.41, 5.74) is -0.355. The van der Waals surface area contributed by atoms with Gasteiger partial charge in [0, 0.05) is 31.2 Å². The maximum Gasteiger partial charge on any atom is 0.412 e. The Kier molecular flexibility index (Phi) is 3.78. The summed E-state index contributed by atoms with van der Waals surface area (Å²) in [6, 6.07) is 0.489. The highest BCUT2D eigenvalue weighted by Gasteiger charge is 2.35. The third kappa shape index (κ3) is 3.22. The molecule has 2 nitrogen and oxygen atoms in total. The molecule has 0 spiro atoms. The summed E-state index contributed by atoms with van der Waals surface area (Å²) in [5.74, 6) is 0.579. The maximum absolute atomic E-state index is 12.4. The van der Waals surface area contributed by atoms with Gasteiger partial charge in [0.25, 0.3) is 0 Å². The van der Waals surface area contributed by atoms with Gasteiger partial charge in [0.15, 0.2) is 0 Å². The highest BCUT2D eigenvalue weighted by atomic mass is 19.4. The second kappa shape index (κ2) is 4.98. The lowest BCUT2D eigenvalue weighted by Crippen LogP contribution is -2.38. The molecule has 0 aromatic carbocycles. The van der Waals surface area contributed by atoms with E-state index < -0.39 is 6.18 Å². The number of halogens is 3. The summed E-state index contributed by atoms with van der Waals surface area (Å²) >= 11 is 0. The van der Waals surface area contributed by atoms with Crippen LogP contribution in [0.1, 0.15) is 19.8 Å². The molecule has 2 heterocycles. The van der Waals surface area contributed by atoms with Crippen molar-refractivity contribution in [2.24, 2.45) is 5.92 Å². The van der Waals surface area contributed by atoms with Crippen molar-refractivity contribution in [1.29, 1.82) is 0 Å². The van der Waals surface area contributed by atoms with E-state index in [0.717, 1.165) is 19.5 Å². The molecular weight excluding hydrogens is 229 g/mol. The number of alkyl halides is 3. The normalized spacial score (nSPS) is 31.6. The van der Waals surface area contributed by atoms with Gasteiger partial charge in [-0.1, -0.05) is 6.08 Å². The molecule has 0 radical (unpaired) electrons. The Morgan fingerprint density at radius 1 is 1.47 bits per heavy atom. The first-order chi connectivity index (χ1) is 7.97. The monoisotopic (exact) mass is 248 g/mol. The molecule has 0 aromatic rings. The molecule has 2 atom stereocenters. The Bertz CT molecular complexity index is 299. The highest BCUT2D eigenvalue weighted by molar-refractivity contribution is 5.13. The van der Waals surface area contributed by atoms with E-state index in [-0.39, 0.29) is 12.0 Å². The topological polar surface area (TPSA) is 15.3 Å². The number of hydrogen-bond acceptors (Lipinski definition) is 2. The molecule has 2 unspecified atom stereocenters. The standard InChI is InChI=1S/C12H19F3N2/c1-9-10(2-5-16-9)8-17-6-3-11(4-7-17)12(13,14)15/h3,9-10,16H,2,4-8H2,1H3. The molecule has 98 valence electrons. The van der Waals surface area contributed by atoms with Crippen molar-refractivity contribution in [1.82, 2.24) is 10.2 Å². The van der Waals surface area contributed by atoms with E-state index >= 15 is 0 Å². The molecule has 1 saturated heterocycles. The lowest BCUT2D eigenvalue weighted by atomic mass is 10.00. The first-order valence-corrected chi connectivity index (χ1v) is 6.19. The van der Waals surface area contributed by atoms with Gasteiger partial charge in [-0.15, -0.1) is 0 Å². The smallest absolute Gasteiger partial charge is 0.314 e. The van der Waals surface area contributed by atoms with Gasteiger partial charge in [-0.3, -0.25) is 4.90 Å². The lowest BCUT2D eigenvalue weighted by Gasteiger charge is -2.30. The molecule has 5 heteroatoms. The van der Waals surface area contributed by atoms with E-state index in [1.54, 1.807) is 0 Å². The second-order valence-electron chi connectivity index (χ2n) is 5.03. The molecule has 1 N–H and O–H groups in total. The maximum atomic E-state index is 12.4. The van der Waals surface area contributed by atoms with Crippen LogP contribution < -0.4 is 5.32 Å². The SMILES string of the molecule is CC1NCCC1CN1CC=C(C(F)(F)F)CC1. The fourth-order valence-corrected chi connectivity index (χ4v) is 2.63. The fourth-order valence-electron chi connectivity index (χ4n) is 2.63. The molecule has 0 aromatic heterocycles. The van der Waals surface area contributed by atoms with Crippen molar-refractivity contribution in [3.05, 3.63) is 11.6 Å². The summed E-state index contributed by atoms with van der Waals surface area (Å²) < 4.78 is 37.3. The van der Waals surface area contributed by atoms with Crippen molar-refractivity contribution in [3.63, 3.8) is 0 Å². The van der Waals surface area contributed by atoms with Crippen molar-refractivity contribution in [2.75, 3.05) is 26.2 Å². The highest BCUT2D eigenvalue weighted by Crippen LogP contribution is 2.30. The van der Waals surface area contributed by atoms with Crippen LogP contribution in [-0.2, 0) is 0 Å².